The van der Waals surface area contributed by atoms with Crippen molar-refractivity contribution in [3.05, 3.63) is 86.5 Å². The summed E-state index contributed by atoms with van der Waals surface area (Å²) < 4.78 is 6.94. The number of ether oxygens (including phenoxy) is 1. The van der Waals surface area contributed by atoms with Gasteiger partial charge in [-0.3, -0.25) is 19.8 Å². The van der Waals surface area contributed by atoms with Crippen molar-refractivity contribution in [1.29, 1.82) is 0 Å². The summed E-state index contributed by atoms with van der Waals surface area (Å²) in [6.45, 7) is 5.96. The van der Waals surface area contributed by atoms with Gasteiger partial charge in [-0.15, -0.1) is 0 Å². The largest absolute Gasteiger partial charge is 0.462 e. The summed E-state index contributed by atoms with van der Waals surface area (Å²) in [5.74, 6) is -0.375. The van der Waals surface area contributed by atoms with Gasteiger partial charge in [0, 0.05) is 11.4 Å². The molecular weight excluding hydrogens is 384 g/mol. The van der Waals surface area contributed by atoms with Gasteiger partial charge in [0.15, 0.2) is 0 Å². The van der Waals surface area contributed by atoms with Crippen molar-refractivity contribution in [2.45, 2.75) is 40.2 Å². The van der Waals surface area contributed by atoms with Gasteiger partial charge in [0.2, 0.25) is 0 Å². The summed E-state index contributed by atoms with van der Waals surface area (Å²) in [6.07, 6.45) is 1.46. The first kappa shape index (κ1) is 21.2. The van der Waals surface area contributed by atoms with E-state index in [1.54, 1.807) is 42.8 Å². The van der Waals surface area contributed by atoms with Crippen LogP contribution in [0.2, 0.25) is 0 Å². The van der Waals surface area contributed by atoms with Crippen LogP contribution in [0.3, 0.4) is 0 Å². The number of carbonyl (C=O) groups excluding carboxylic acids is 1. The lowest BCUT2D eigenvalue weighted by Crippen LogP contribution is -2.08. The molecule has 8 nitrogen and oxygen atoms in total. The molecule has 0 N–H and O–H groups in total. The summed E-state index contributed by atoms with van der Waals surface area (Å²) in [4.78, 5) is 27.4. The zero-order valence-corrected chi connectivity index (χ0v) is 17.3. The summed E-state index contributed by atoms with van der Waals surface area (Å²) in [7, 11) is 0. The summed E-state index contributed by atoms with van der Waals surface area (Å²) in [5.41, 5.74) is 4.24. The fourth-order valence-electron chi connectivity index (χ4n) is 3.27. The minimum absolute atomic E-state index is 0.0380. The van der Waals surface area contributed by atoms with Crippen molar-refractivity contribution in [1.82, 2.24) is 14.8 Å². The Morgan fingerprint density at radius 2 is 1.87 bits per heavy atom. The second-order valence-corrected chi connectivity index (χ2v) is 7.14. The molecule has 0 aliphatic rings. The standard InChI is InChI=1S/C22H24N4O4/c1-15-6-4-7-20(23-15)8-5-13-30-22(27)19-11-9-18(10-12-19)14-25-17(3)21(26(28)29)16(2)24-25/h4,6-7,9-12H,5,8,13-14H2,1-3H3. The first-order valence-electron chi connectivity index (χ1n) is 9.72. The van der Waals surface area contributed by atoms with Gasteiger partial charge in [0.1, 0.15) is 11.4 Å². The van der Waals surface area contributed by atoms with E-state index in [0.717, 1.165) is 23.4 Å². The van der Waals surface area contributed by atoms with Crippen LogP contribution in [0.15, 0.2) is 42.5 Å². The molecule has 2 heterocycles. The van der Waals surface area contributed by atoms with E-state index in [1.807, 2.05) is 25.1 Å². The fourth-order valence-corrected chi connectivity index (χ4v) is 3.27. The molecule has 0 aliphatic heterocycles. The summed E-state index contributed by atoms with van der Waals surface area (Å²) in [6, 6.07) is 12.9. The van der Waals surface area contributed by atoms with E-state index in [0.29, 0.717) is 36.5 Å². The molecule has 156 valence electrons. The van der Waals surface area contributed by atoms with E-state index < -0.39 is 4.92 Å². The van der Waals surface area contributed by atoms with Crippen molar-refractivity contribution in [2.24, 2.45) is 0 Å². The molecule has 8 heteroatoms. The lowest BCUT2D eigenvalue weighted by atomic mass is 10.1. The van der Waals surface area contributed by atoms with Crippen LogP contribution in [0.5, 0.6) is 0 Å². The second-order valence-electron chi connectivity index (χ2n) is 7.14. The van der Waals surface area contributed by atoms with Gasteiger partial charge in [-0.05, 0) is 63.4 Å². The van der Waals surface area contributed by atoms with Crippen LogP contribution in [-0.4, -0.2) is 32.3 Å². The maximum Gasteiger partial charge on any atom is 0.338 e. The van der Waals surface area contributed by atoms with Crippen LogP contribution in [-0.2, 0) is 17.7 Å². The number of hydrogen-bond acceptors (Lipinski definition) is 6. The topological polar surface area (TPSA) is 100 Å². The Morgan fingerprint density at radius 3 is 2.50 bits per heavy atom. The van der Waals surface area contributed by atoms with Crippen LogP contribution in [0.4, 0.5) is 5.69 Å². The average Bonchev–Trinajstić information content (AvgIpc) is 2.99. The molecule has 30 heavy (non-hydrogen) atoms. The van der Waals surface area contributed by atoms with Crippen molar-refractivity contribution in [3.63, 3.8) is 0 Å². The third kappa shape index (κ3) is 5.08. The van der Waals surface area contributed by atoms with E-state index in [4.69, 9.17) is 4.74 Å². The molecule has 0 amide bonds. The van der Waals surface area contributed by atoms with Crippen molar-refractivity contribution >= 4 is 11.7 Å². The minimum Gasteiger partial charge on any atom is -0.462 e. The predicted molar refractivity (Wildman–Crippen MR) is 111 cm³/mol. The molecule has 0 spiro atoms. The Bertz CT molecular complexity index is 1060. The number of pyridine rings is 1. The maximum atomic E-state index is 12.2. The first-order chi connectivity index (χ1) is 14.3. The molecule has 0 atom stereocenters. The highest BCUT2D eigenvalue weighted by Gasteiger charge is 2.21. The number of nitro groups is 1. The molecule has 3 rings (SSSR count). The zero-order valence-electron chi connectivity index (χ0n) is 17.3. The minimum atomic E-state index is -0.414. The Morgan fingerprint density at radius 1 is 1.13 bits per heavy atom. The molecular formula is C22H24N4O4. The Kier molecular flexibility index (Phi) is 6.56. The highest BCUT2D eigenvalue weighted by Crippen LogP contribution is 2.22. The number of esters is 1. The first-order valence-corrected chi connectivity index (χ1v) is 9.72. The zero-order chi connectivity index (χ0) is 21.7. The van der Waals surface area contributed by atoms with Gasteiger partial charge in [0.05, 0.1) is 23.6 Å². The number of aryl methyl sites for hydroxylation is 3. The van der Waals surface area contributed by atoms with Crippen LogP contribution >= 0.6 is 0 Å². The lowest BCUT2D eigenvalue weighted by molar-refractivity contribution is -0.386. The maximum absolute atomic E-state index is 12.2. The van der Waals surface area contributed by atoms with E-state index in [9.17, 15) is 14.9 Å². The van der Waals surface area contributed by atoms with Gasteiger partial charge in [0.25, 0.3) is 0 Å². The molecule has 0 bridgehead atoms. The Hall–Kier alpha value is -3.55. The number of aromatic nitrogens is 3. The predicted octanol–water partition coefficient (Wildman–Crippen LogP) is 3.95. The van der Waals surface area contributed by atoms with Crippen molar-refractivity contribution in [3.8, 4) is 0 Å². The van der Waals surface area contributed by atoms with E-state index in [-0.39, 0.29) is 11.7 Å². The second kappa shape index (κ2) is 9.30. The van der Waals surface area contributed by atoms with Gasteiger partial charge in [-0.2, -0.15) is 5.10 Å². The normalized spacial score (nSPS) is 10.8. The molecule has 2 aromatic heterocycles. The molecule has 0 aliphatic carbocycles. The van der Waals surface area contributed by atoms with Crippen LogP contribution in [0.1, 0.15) is 45.1 Å². The summed E-state index contributed by atoms with van der Waals surface area (Å²) in [5, 5.41) is 15.4. The SMILES string of the molecule is Cc1cccc(CCCOC(=O)c2ccc(Cn3nc(C)c([N+](=O)[O-])c3C)cc2)n1. The van der Waals surface area contributed by atoms with E-state index in [1.165, 1.54) is 0 Å². The number of hydrogen-bond donors (Lipinski definition) is 0. The fraction of sp³-hybridized carbons (Fsp3) is 0.318. The molecule has 1 aromatic carbocycles. The van der Waals surface area contributed by atoms with Gasteiger partial charge < -0.3 is 4.74 Å². The van der Waals surface area contributed by atoms with Crippen LogP contribution in [0, 0.1) is 30.9 Å². The number of nitrogens with zero attached hydrogens (tertiary/aromatic N) is 4. The average molecular weight is 408 g/mol. The molecule has 0 fully saturated rings. The monoisotopic (exact) mass is 408 g/mol. The molecule has 0 radical (unpaired) electrons. The molecule has 0 unspecified atom stereocenters. The van der Waals surface area contributed by atoms with Gasteiger partial charge >= 0.3 is 11.7 Å². The highest BCUT2D eigenvalue weighted by atomic mass is 16.6. The molecule has 0 saturated heterocycles. The van der Waals surface area contributed by atoms with E-state index in [2.05, 4.69) is 10.1 Å². The third-order valence-corrected chi connectivity index (χ3v) is 4.80. The molecule has 3 aromatic rings. The van der Waals surface area contributed by atoms with Crippen LogP contribution < -0.4 is 0 Å². The van der Waals surface area contributed by atoms with Crippen molar-refractivity contribution < 1.29 is 14.5 Å². The Balaban J connectivity index is 1.53. The summed E-state index contributed by atoms with van der Waals surface area (Å²) >= 11 is 0. The third-order valence-electron chi connectivity index (χ3n) is 4.80. The van der Waals surface area contributed by atoms with E-state index >= 15 is 0 Å². The van der Waals surface area contributed by atoms with Gasteiger partial charge in [-0.25, -0.2) is 4.79 Å². The van der Waals surface area contributed by atoms with Crippen LogP contribution in [0.25, 0.3) is 0 Å². The molecule has 0 saturated carbocycles. The van der Waals surface area contributed by atoms with Gasteiger partial charge in [-0.1, -0.05) is 18.2 Å². The number of carbonyl (C=O) groups is 1. The quantitative estimate of drug-likeness (QED) is 0.242. The number of rotatable bonds is 8. The van der Waals surface area contributed by atoms with Crippen molar-refractivity contribution in [2.75, 3.05) is 6.61 Å². The smallest absolute Gasteiger partial charge is 0.338 e. The highest BCUT2D eigenvalue weighted by molar-refractivity contribution is 5.89. The lowest BCUT2D eigenvalue weighted by Gasteiger charge is -2.07. The number of benzene rings is 1. The Labute approximate surface area is 174 Å².